The number of nitro groups is 1. The summed E-state index contributed by atoms with van der Waals surface area (Å²) in [6.45, 7) is 2.23. The summed E-state index contributed by atoms with van der Waals surface area (Å²) in [5.41, 5.74) is 0.644. The third-order valence-corrected chi connectivity index (χ3v) is 5.44. The molecule has 2 aromatic carbocycles. The van der Waals surface area contributed by atoms with Crippen molar-refractivity contribution in [1.29, 1.82) is 0 Å². The molecule has 0 saturated carbocycles. The first-order valence-electron chi connectivity index (χ1n) is 8.34. The molecule has 0 unspecified atom stereocenters. The van der Waals surface area contributed by atoms with Crippen molar-refractivity contribution in [3.05, 3.63) is 56.5 Å². The van der Waals surface area contributed by atoms with Crippen LogP contribution in [0.15, 0.2) is 40.9 Å². The van der Waals surface area contributed by atoms with Crippen LogP contribution in [0.2, 0.25) is 0 Å². The van der Waals surface area contributed by atoms with Gasteiger partial charge in [-0.05, 0) is 52.7 Å². The summed E-state index contributed by atoms with van der Waals surface area (Å²) in [7, 11) is -1.88. The highest BCUT2D eigenvalue weighted by atomic mass is 79.9. The lowest BCUT2D eigenvalue weighted by Crippen LogP contribution is -2.21. The van der Waals surface area contributed by atoms with E-state index in [9.17, 15) is 18.5 Å². The number of anilines is 1. The number of hydrogen-bond acceptors (Lipinski definition) is 7. The number of halogens is 1. The number of sulfone groups is 1. The zero-order valence-corrected chi connectivity index (χ0v) is 18.0. The highest BCUT2D eigenvalue weighted by molar-refractivity contribution is 9.10. The Hall–Kier alpha value is -2.33. The Bertz CT molecular complexity index is 965. The van der Waals surface area contributed by atoms with Crippen LogP contribution in [0, 0.1) is 10.1 Å². The molecule has 0 aliphatic carbocycles. The molecule has 0 fully saturated rings. The third kappa shape index (κ3) is 5.59. The molecule has 1 N–H and O–H groups in total. The first-order valence-corrected chi connectivity index (χ1v) is 11.2. The maximum Gasteiger partial charge on any atom is 0.306 e. The van der Waals surface area contributed by atoms with E-state index in [-0.39, 0.29) is 17.1 Å². The van der Waals surface area contributed by atoms with Gasteiger partial charge in [-0.1, -0.05) is 12.1 Å². The van der Waals surface area contributed by atoms with E-state index in [4.69, 9.17) is 9.47 Å². The monoisotopic (exact) mass is 472 g/mol. The molecule has 0 heterocycles. The van der Waals surface area contributed by atoms with Crippen LogP contribution < -0.4 is 14.8 Å². The van der Waals surface area contributed by atoms with Gasteiger partial charge in [0.05, 0.1) is 34.9 Å². The van der Waals surface area contributed by atoms with Crippen LogP contribution in [-0.4, -0.2) is 39.1 Å². The van der Waals surface area contributed by atoms with Gasteiger partial charge < -0.3 is 14.8 Å². The van der Waals surface area contributed by atoms with Crippen molar-refractivity contribution < 1.29 is 22.8 Å². The third-order valence-electron chi connectivity index (χ3n) is 3.86. The van der Waals surface area contributed by atoms with Crippen molar-refractivity contribution >= 4 is 37.1 Å². The Morgan fingerprint density at radius 2 is 1.96 bits per heavy atom. The second-order valence-electron chi connectivity index (χ2n) is 6.03. The number of nitro benzene ring substituents is 1. The number of hydrogen-bond donors (Lipinski definition) is 1. The average molecular weight is 473 g/mol. The molecule has 0 spiro atoms. The van der Waals surface area contributed by atoms with Gasteiger partial charge in [0, 0.05) is 6.26 Å². The molecule has 0 aliphatic rings. The molecular weight excluding hydrogens is 452 g/mol. The minimum absolute atomic E-state index is 0.167. The normalized spacial score (nSPS) is 12.3. The summed E-state index contributed by atoms with van der Waals surface area (Å²) < 4.78 is 35.1. The van der Waals surface area contributed by atoms with Gasteiger partial charge in [0.25, 0.3) is 0 Å². The summed E-state index contributed by atoms with van der Waals surface area (Å²) in [4.78, 5) is 10.9. The fraction of sp³-hybridized carbons (Fsp3) is 0.333. The van der Waals surface area contributed by atoms with Gasteiger partial charge in [0.2, 0.25) is 0 Å². The molecular formula is C18H21BrN2O6S. The smallest absolute Gasteiger partial charge is 0.306 e. The largest absolute Gasteiger partial charge is 0.493 e. The summed E-state index contributed by atoms with van der Waals surface area (Å²) in [6, 6.07) is 9.04. The number of benzene rings is 2. The maximum absolute atomic E-state index is 12.0. The van der Waals surface area contributed by atoms with Gasteiger partial charge in [0.15, 0.2) is 11.5 Å². The van der Waals surface area contributed by atoms with E-state index < -0.39 is 20.8 Å². The highest BCUT2D eigenvalue weighted by Crippen LogP contribution is 2.37. The van der Waals surface area contributed by atoms with Crippen molar-refractivity contribution in [1.82, 2.24) is 0 Å². The predicted octanol–water partition coefficient (Wildman–Crippen LogP) is 3.96. The molecule has 2 rings (SSSR count). The van der Waals surface area contributed by atoms with Crippen LogP contribution >= 0.6 is 15.9 Å². The zero-order valence-electron chi connectivity index (χ0n) is 15.6. The van der Waals surface area contributed by atoms with Crippen LogP contribution in [0.25, 0.3) is 0 Å². The van der Waals surface area contributed by atoms with E-state index in [1.165, 1.54) is 13.2 Å². The lowest BCUT2D eigenvalue weighted by atomic mass is 10.1. The number of para-hydroxylation sites is 1. The van der Waals surface area contributed by atoms with E-state index in [0.717, 1.165) is 6.26 Å². The van der Waals surface area contributed by atoms with Crippen molar-refractivity contribution in [2.45, 2.75) is 13.0 Å². The summed E-state index contributed by atoms with van der Waals surface area (Å²) in [5.74, 6) is 0.720. The molecule has 0 aliphatic heterocycles. The highest BCUT2D eigenvalue weighted by Gasteiger charge is 2.24. The van der Waals surface area contributed by atoms with E-state index in [1.54, 1.807) is 30.3 Å². The number of nitrogens with one attached hydrogen (secondary N) is 1. The first-order chi connectivity index (χ1) is 13.2. The molecule has 0 radical (unpaired) electrons. The van der Waals surface area contributed by atoms with E-state index >= 15 is 0 Å². The maximum atomic E-state index is 12.0. The molecule has 0 aromatic heterocycles. The molecule has 10 heteroatoms. The summed E-state index contributed by atoms with van der Waals surface area (Å²) >= 11 is 3.17. The Morgan fingerprint density at radius 3 is 2.54 bits per heavy atom. The molecule has 2 aromatic rings. The van der Waals surface area contributed by atoms with Crippen molar-refractivity contribution in [3.8, 4) is 11.5 Å². The lowest BCUT2D eigenvalue weighted by Gasteiger charge is -2.21. The molecule has 0 saturated heterocycles. The Balaban J connectivity index is 2.52. The van der Waals surface area contributed by atoms with Crippen LogP contribution in [0.3, 0.4) is 0 Å². The van der Waals surface area contributed by atoms with Crippen LogP contribution in [0.4, 0.5) is 11.4 Å². The molecule has 1 atom stereocenters. The van der Waals surface area contributed by atoms with Crippen LogP contribution in [0.5, 0.6) is 11.5 Å². The van der Waals surface area contributed by atoms with Gasteiger partial charge in [-0.25, -0.2) is 8.42 Å². The van der Waals surface area contributed by atoms with Gasteiger partial charge >= 0.3 is 5.69 Å². The van der Waals surface area contributed by atoms with E-state index in [1.807, 2.05) is 6.92 Å². The number of nitrogens with zero attached hydrogens (tertiary/aromatic N) is 1. The van der Waals surface area contributed by atoms with E-state index in [0.29, 0.717) is 28.1 Å². The topological polar surface area (TPSA) is 108 Å². The van der Waals surface area contributed by atoms with Crippen molar-refractivity contribution in [3.63, 3.8) is 0 Å². The van der Waals surface area contributed by atoms with Crippen LogP contribution in [0.1, 0.15) is 18.5 Å². The minimum Gasteiger partial charge on any atom is -0.493 e. The van der Waals surface area contributed by atoms with Crippen molar-refractivity contribution in [2.75, 3.05) is 31.0 Å². The van der Waals surface area contributed by atoms with Gasteiger partial charge in [-0.15, -0.1) is 0 Å². The Kier molecular flexibility index (Phi) is 7.25. The summed E-state index contributed by atoms with van der Waals surface area (Å²) in [6.07, 6.45) is 1.12. The minimum atomic E-state index is -3.39. The van der Waals surface area contributed by atoms with Crippen molar-refractivity contribution in [2.24, 2.45) is 0 Å². The van der Waals surface area contributed by atoms with Gasteiger partial charge in [-0.3, -0.25) is 10.1 Å². The lowest BCUT2D eigenvalue weighted by molar-refractivity contribution is -0.384. The number of methoxy groups -OCH3 is 1. The second-order valence-corrected chi connectivity index (χ2v) is 9.06. The van der Waals surface area contributed by atoms with E-state index in [2.05, 4.69) is 21.2 Å². The predicted molar refractivity (Wildman–Crippen MR) is 111 cm³/mol. The second kappa shape index (κ2) is 9.24. The fourth-order valence-corrected chi connectivity index (χ4v) is 4.10. The SMILES string of the molecule is CCOc1cc([C@@H](CS(C)(=O)=O)Nc2cccc(Br)c2[N+](=O)[O-])ccc1OC. The van der Waals surface area contributed by atoms with Crippen LogP contribution in [-0.2, 0) is 9.84 Å². The molecule has 0 bridgehead atoms. The fourth-order valence-electron chi connectivity index (χ4n) is 2.71. The molecule has 152 valence electrons. The Morgan fingerprint density at radius 1 is 1.25 bits per heavy atom. The first kappa shape index (κ1) is 22.0. The zero-order chi connectivity index (χ0) is 20.9. The number of ether oxygens (including phenoxy) is 2. The molecule has 8 nitrogen and oxygen atoms in total. The van der Waals surface area contributed by atoms with Gasteiger partial charge in [0.1, 0.15) is 15.5 Å². The molecule has 28 heavy (non-hydrogen) atoms. The quantitative estimate of drug-likeness (QED) is 0.434. The standard InChI is InChI=1S/C18H21BrN2O6S/c1-4-27-17-10-12(8-9-16(17)26-2)15(11-28(3,24)25)20-14-7-5-6-13(19)18(14)21(22)23/h5-10,15,20H,4,11H2,1-3H3/t15-/m1/s1. The van der Waals surface area contributed by atoms with Gasteiger partial charge in [-0.2, -0.15) is 0 Å². The number of rotatable bonds is 9. The Labute approximate surface area is 172 Å². The average Bonchev–Trinajstić information content (AvgIpc) is 2.60. The molecule has 0 amide bonds. The summed E-state index contributed by atoms with van der Waals surface area (Å²) in [5, 5.41) is 14.5.